The molecule has 1 unspecified atom stereocenters. The van der Waals surface area contributed by atoms with E-state index in [1.807, 2.05) is 0 Å². The van der Waals surface area contributed by atoms with Gasteiger partial charge in [0, 0.05) is 19.3 Å². The molecule has 1 heterocycles. The highest BCUT2D eigenvalue weighted by Gasteiger charge is 2.31. The monoisotopic (exact) mass is 398 g/mol. The van der Waals surface area contributed by atoms with Crippen molar-refractivity contribution in [2.75, 3.05) is 18.9 Å². The minimum atomic E-state index is -4.59. The van der Waals surface area contributed by atoms with Gasteiger partial charge in [-0.2, -0.15) is 18.3 Å². The highest BCUT2D eigenvalue weighted by Crippen LogP contribution is 2.33. The van der Waals surface area contributed by atoms with Crippen LogP contribution in [0.15, 0.2) is 24.3 Å². The maximum atomic E-state index is 13.1. The Hall–Kier alpha value is -3.04. The molecule has 0 radical (unpaired) electrons. The van der Waals surface area contributed by atoms with Crippen molar-refractivity contribution < 1.29 is 27.9 Å². The molecule has 0 bridgehead atoms. The lowest BCUT2D eigenvalue weighted by Gasteiger charge is -2.22. The molecule has 0 saturated heterocycles. The van der Waals surface area contributed by atoms with E-state index < -0.39 is 29.7 Å². The van der Waals surface area contributed by atoms with Crippen molar-refractivity contribution in [3.8, 4) is 5.69 Å². The number of hydrogen-bond donors (Lipinski definition) is 2. The molecule has 2 rings (SSSR count). The van der Waals surface area contributed by atoms with Crippen LogP contribution < -0.4 is 5.32 Å². The van der Waals surface area contributed by atoms with Gasteiger partial charge in [-0.3, -0.25) is 4.79 Å². The number of nitrogens with zero attached hydrogens (tertiary/aromatic N) is 3. The summed E-state index contributed by atoms with van der Waals surface area (Å²) in [5, 5.41) is 15.6. The third-order valence-corrected chi connectivity index (χ3v) is 4.12. The molecule has 0 spiro atoms. The second-order valence-corrected chi connectivity index (χ2v) is 6.62. The number of aliphatic carboxylic acids is 1. The fourth-order valence-electron chi connectivity index (χ4n) is 2.65. The van der Waals surface area contributed by atoms with E-state index in [1.54, 1.807) is 19.9 Å². The molecule has 7 nitrogen and oxygen atoms in total. The summed E-state index contributed by atoms with van der Waals surface area (Å²) < 4.78 is 40.8. The number of aryl methyl sites for hydroxylation is 2. The van der Waals surface area contributed by atoms with Crippen LogP contribution in [0.25, 0.3) is 5.69 Å². The predicted molar refractivity (Wildman–Crippen MR) is 96.5 cm³/mol. The largest absolute Gasteiger partial charge is 0.481 e. The van der Waals surface area contributed by atoms with E-state index >= 15 is 0 Å². The second kappa shape index (κ2) is 7.91. The summed E-state index contributed by atoms with van der Waals surface area (Å²) in [4.78, 5) is 24.5. The molecular weight excluding hydrogens is 377 g/mol. The van der Waals surface area contributed by atoms with Gasteiger partial charge in [0.15, 0.2) is 0 Å². The number of halogens is 3. The van der Waals surface area contributed by atoms with Gasteiger partial charge in [-0.15, -0.1) is 0 Å². The number of amides is 2. The first-order valence-corrected chi connectivity index (χ1v) is 8.40. The second-order valence-electron chi connectivity index (χ2n) is 6.62. The van der Waals surface area contributed by atoms with E-state index in [-0.39, 0.29) is 17.9 Å². The number of rotatable bonds is 5. The Morgan fingerprint density at radius 2 is 1.93 bits per heavy atom. The molecule has 2 amide bonds. The van der Waals surface area contributed by atoms with Gasteiger partial charge in [0.25, 0.3) is 0 Å². The Kier molecular flexibility index (Phi) is 6.01. The summed E-state index contributed by atoms with van der Waals surface area (Å²) in [6.45, 7) is 4.81. The van der Waals surface area contributed by atoms with E-state index in [0.717, 1.165) is 17.0 Å². The van der Waals surface area contributed by atoms with Crippen molar-refractivity contribution >= 4 is 17.7 Å². The minimum Gasteiger partial charge on any atom is -0.481 e. The number of anilines is 1. The number of carboxylic acid groups (broad SMARTS) is 1. The van der Waals surface area contributed by atoms with Crippen LogP contribution in [-0.4, -0.2) is 45.4 Å². The smallest absolute Gasteiger partial charge is 0.416 e. The van der Waals surface area contributed by atoms with Crippen molar-refractivity contribution in [2.24, 2.45) is 5.92 Å². The predicted octanol–water partition coefficient (Wildman–Crippen LogP) is 3.69. The Balaban J connectivity index is 2.40. The molecule has 1 atom stereocenters. The van der Waals surface area contributed by atoms with Crippen LogP contribution in [0.1, 0.15) is 23.9 Å². The first-order valence-electron chi connectivity index (χ1n) is 8.40. The third-order valence-electron chi connectivity index (χ3n) is 4.12. The van der Waals surface area contributed by atoms with E-state index in [1.165, 1.54) is 24.7 Å². The van der Waals surface area contributed by atoms with E-state index in [9.17, 15) is 22.8 Å². The van der Waals surface area contributed by atoms with Gasteiger partial charge in [0.2, 0.25) is 0 Å². The molecule has 152 valence electrons. The average Bonchev–Trinajstić information content (AvgIpc) is 2.91. The van der Waals surface area contributed by atoms with Crippen molar-refractivity contribution in [2.45, 2.75) is 26.9 Å². The summed E-state index contributed by atoms with van der Waals surface area (Å²) in [6, 6.07) is 4.01. The van der Waals surface area contributed by atoms with Crippen molar-refractivity contribution in [1.82, 2.24) is 14.7 Å². The molecule has 2 N–H and O–H groups in total. The van der Waals surface area contributed by atoms with Crippen LogP contribution >= 0.6 is 0 Å². The number of urea groups is 1. The zero-order valence-electron chi connectivity index (χ0n) is 15.8. The van der Waals surface area contributed by atoms with Crippen molar-refractivity contribution in [3.63, 3.8) is 0 Å². The van der Waals surface area contributed by atoms with E-state index in [4.69, 9.17) is 5.11 Å². The number of carboxylic acids is 1. The topological polar surface area (TPSA) is 87.5 Å². The summed E-state index contributed by atoms with van der Waals surface area (Å²) in [5.41, 5.74) is 0.616. The number of carbonyl (C=O) groups is 2. The van der Waals surface area contributed by atoms with Gasteiger partial charge in [-0.1, -0.05) is 6.92 Å². The first kappa shape index (κ1) is 21.3. The fraction of sp³-hybridized carbons (Fsp3) is 0.389. The van der Waals surface area contributed by atoms with Gasteiger partial charge in [-0.25, -0.2) is 9.48 Å². The molecule has 1 aromatic heterocycles. The van der Waals surface area contributed by atoms with Crippen LogP contribution in [0, 0.1) is 19.8 Å². The first-order chi connectivity index (χ1) is 12.9. The summed E-state index contributed by atoms with van der Waals surface area (Å²) in [5.74, 6) is -1.91. The molecule has 0 aliphatic heterocycles. The zero-order chi connectivity index (χ0) is 21.2. The van der Waals surface area contributed by atoms with Gasteiger partial charge < -0.3 is 15.3 Å². The van der Waals surface area contributed by atoms with Crippen molar-refractivity contribution in [3.05, 3.63) is 41.2 Å². The highest BCUT2D eigenvalue weighted by atomic mass is 19.4. The van der Waals surface area contributed by atoms with Crippen LogP contribution in [0.4, 0.5) is 23.7 Å². The highest BCUT2D eigenvalue weighted by molar-refractivity contribution is 5.92. The maximum Gasteiger partial charge on any atom is 0.416 e. The van der Waals surface area contributed by atoms with Gasteiger partial charge in [0.1, 0.15) is 0 Å². The van der Waals surface area contributed by atoms with Crippen LogP contribution in [0.3, 0.4) is 0 Å². The standard InChI is InChI=1S/C18H21F3N4O3/c1-10(16(26)27)9-24(4)17(28)22-14-8-13(18(19,20)21)5-6-15(14)25-12(3)7-11(2)23-25/h5-8,10H,9H2,1-4H3,(H,22,28)(H,26,27). The van der Waals surface area contributed by atoms with Gasteiger partial charge in [0.05, 0.1) is 28.6 Å². The number of nitrogens with one attached hydrogen (secondary N) is 1. The number of alkyl halides is 3. The summed E-state index contributed by atoms with van der Waals surface area (Å²) in [6.07, 6.45) is -4.59. The maximum absolute atomic E-state index is 13.1. The quantitative estimate of drug-likeness (QED) is 0.804. The lowest BCUT2D eigenvalue weighted by molar-refractivity contribution is -0.141. The summed E-state index contributed by atoms with van der Waals surface area (Å²) >= 11 is 0. The van der Waals surface area contributed by atoms with E-state index in [0.29, 0.717) is 11.4 Å². The molecule has 2 aromatic rings. The number of benzene rings is 1. The van der Waals surface area contributed by atoms with Crippen LogP contribution in [0.2, 0.25) is 0 Å². The summed E-state index contributed by atoms with van der Waals surface area (Å²) in [7, 11) is 1.37. The Morgan fingerprint density at radius 3 is 2.43 bits per heavy atom. The lowest BCUT2D eigenvalue weighted by atomic mass is 10.1. The molecule has 0 aliphatic carbocycles. The Morgan fingerprint density at radius 1 is 1.29 bits per heavy atom. The van der Waals surface area contributed by atoms with Gasteiger partial charge in [-0.05, 0) is 38.1 Å². The SMILES string of the molecule is Cc1cc(C)n(-c2ccc(C(F)(F)F)cc2NC(=O)N(C)CC(C)C(=O)O)n1. The van der Waals surface area contributed by atoms with Crippen molar-refractivity contribution in [1.29, 1.82) is 0 Å². The average molecular weight is 398 g/mol. The Bertz CT molecular complexity index is 893. The molecular formula is C18H21F3N4O3. The van der Waals surface area contributed by atoms with Crippen LogP contribution in [0.5, 0.6) is 0 Å². The molecule has 0 fully saturated rings. The molecule has 0 saturated carbocycles. The number of carbonyl (C=O) groups excluding carboxylic acids is 1. The fourth-order valence-corrected chi connectivity index (χ4v) is 2.65. The molecule has 10 heteroatoms. The molecule has 1 aromatic carbocycles. The normalized spacial score (nSPS) is 12.5. The van der Waals surface area contributed by atoms with E-state index in [2.05, 4.69) is 10.4 Å². The van der Waals surface area contributed by atoms with Gasteiger partial charge >= 0.3 is 18.2 Å². The zero-order valence-corrected chi connectivity index (χ0v) is 15.8. The molecule has 28 heavy (non-hydrogen) atoms. The number of hydrogen-bond acceptors (Lipinski definition) is 3. The number of aromatic nitrogens is 2. The minimum absolute atomic E-state index is 0.0825. The van der Waals surface area contributed by atoms with Crippen LogP contribution in [-0.2, 0) is 11.0 Å². The Labute approximate surface area is 159 Å². The molecule has 0 aliphatic rings. The lowest BCUT2D eigenvalue weighted by Crippen LogP contribution is -2.37. The third kappa shape index (κ3) is 4.81.